The summed E-state index contributed by atoms with van der Waals surface area (Å²) in [6.45, 7) is 0. The molecule has 6 nitrogen and oxygen atoms in total. The predicted octanol–water partition coefficient (Wildman–Crippen LogP) is 1.29. The zero-order valence-corrected chi connectivity index (χ0v) is 12.5. The van der Waals surface area contributed by atoms with E-state index in [-0.39, 0.29) is 15.7 Å². The molecule has 0 spiro atoms. The lowest BCUT2D eigenvalue weighted by Crippen LogP contribution is -2.42. The fourth-order valence-electron chi connectivity index (χ4n) is 2.27. The Morgan fingerprint density at radius 2 is 2.05 bits per heavy atom. The molecular weight excluding hydrogens is 302 g/mol. The van der Waals surface area contributed by atoms with Crippen LogP contribution in [0.2, 0.25) is 5.02 Å². The summed E-state index contributed by atoms with van der Waals surface area (Å²) in [7, 11) is -3.76. The molecule has 2 rings (SSSR count). The summed E-state index contributed by atoms with van der Waals surface area (Å²) in [4.78, 5) is 3.69. The molecule has 1 aliphatic carbocycles. The molecule has 2 atom stereocenters. The molecule has 0 saturated heterocycles. The van der Waals surface area contributed by atoms with Gasteiger partial charge in [0.25, 0.3) is 0 Å². The first-order valence-electron chi connectivity index (χ1n) is 6.51. The summed E-state index contributed by atoms with van der Waals surface area (Å²) in [6.07, 6.45) is 4.53. The normalized spacial score (nSPS) is 24.3. The molecule has 1 heterocycles. The summed E-state index contributed by atoms with van der Waals surface area (Å²) in [5, 5.41) is 10.1. The second kappa shape index (κ2) is 6.26. The van der Waals surface area contributed by atoms with Crippen molar-refractivity contribution in [2.45, 2.75) is 49.1 Å². The highest BCUT2D eigenvalue weighted by Gasteiger charge is 2.27. The number of nitrogens with one attached hydrogen (secondary N) is 1. The number of rotatable bonds is 3. The lowest BCUT2D eigenvalue weighted by Gasteiger charge is -2.21. The standard InChI is InChI=1S/C12H18ClN3O3S/c13-9-6-8(7-15-12(9)14)20(18,19)16-10-4-2-1-3-5-11(10)17/h6-7,10-11,16-17H,1-5H2,(H2,14,15). The van der Waals surface area contributed by atoms with E-state index in [2.05, 4.69) is 9.71 Å². The van der Waals surface area contributed by atoms with Gasteiger partial charge in [0.15, 0.2) is 0 Å². The highest BCUT2D eigenvalue weighted by molar-refractivity contribution is 7.89. The average molecular weight is 320 g/mol. The van der Waals surface area contributed by atoms with Gasteiger partial charge in [-0.2, -0.15) is 0 Å². The van der Waals surface area contributed by atoms with Crippen LogP contribution in [0.4, 0.5) is 5.82 Å². The molecule has 4 N–H and O–H groups in total. The summed E-state index contributed by atoms with van der Waals surface area (Å²) < 4.78 is 27.1. The first-order valence-corrected chi connectivity index (χ1v) is 8.37. The molecule has 0 radical (unpaired) electrons. The van der Waals surface area contributed by atoms with Gasteiger partial charge in [-0.25, -0.2) is 18.1 Å². The van der Waals surface area contributed by atoms with Crippen LogP contribution in [0.3, 0.4) is 0 Å². The number of aliphatic hydroxyl groups is 1. The minimum Gasteiger partial charge on any atom is -0.391 e. The van der Waals surface area contributed by atoms with Gasteiger partial charge in [0.2, 0.25) is 10.0 Å². The van der Waals surface area contributed by atoms with Crippen molar-refractivity contribution in [3.05, 3.63) is 17.3 Å². The van der Waals surface area contributed by atoms with Crippen LogP contribution >= 0.6 is 11.6 Å². The molecule has 8 heteroatoms. The van der Waals surface area contributed by atoms with Crippen molar-refractivity contribution in [1.29, 1.82) is 0 Å². The van der Waals surface area contributed by atoms with Crippen LogP contribution in [0.15, 0.2) is 17.2 Å². The number of aliphatic hydroxyl groups excluding tert-OH is 1. The number of pyridine rings is 1. The topological polar surface area (TPSA) is 105 Å². The van der Waals surface area contributed by atoms with Crippen molar-refractivity contribution in [3.63, 3.8) is 0 Å². The Kier molecular flexibility index (Phi) is 4.85. The molecule has 1 aromatic heterocycles. The molecule has 0 amide bonds. The van der Waals surface area contributed by atoms with Crippen LogP contribution in [0.1, 0.15) is 32.1 Å². The molecule has 0 aromatic carbocycles. The molecule has 0 aliphatic heterocycles. The zero-order valence-electron chi connectivity index (χ0n) is 10.9. The number of hydrogen-bond acceptors (Lipinski definition) is 5. The number of sulfonamides is 1. The Hall–Kier alpha value is -0.890. The first-order chi connectivity index (χ1) is 9.40. The molecular formula is C12H18ClN3O3S. The van der Waals surface area contributed by atoms with Crippen molar-refractivity contribution in [3.8, 4) is 0 Å². The minimum atomic E-state index is -3.76. The largest absolute Gasteiger partial charge is 0.391 e. The van der Waals surface area contributed by atoms with E-state index in [1.807, 2.05) is 0 Å². The molecule has 1 fully saturated rings. The van der Waals surface area contributed by atoms with Gasteiger partial charge >= 0.3 is 0 Å². The van der Waals surface area contributed by atoms with E-state index in [0.717, 1.165) is 25.5 Å². The summed E-state index contributed by atoms with van der Waals surface area (Å²) in [6, 6.07) is 0.786. The fourth-order valence-corrected chi connectivity index (χ4v) is 3.78. The third-order valence-electron chi connectivity index (χ3n) is 3.44. The molecule has 1 saturated carbocycles. The summed E-state index contributed by atoms with van der Waals surface area (Å²) in [5.41, 5.74) is 5.46. The van der Waals surface area contributed by atoms with Gasteiger partial charge in [0.1, 0.15) is 10.7 Å². The van der Waals surface area contributed by atoms with Gasteiger partial charge in [0.05, 0.1) is 11.1 Å². The molecule has 0 bridgehead atoms. The number of halogens is 1. The average Bonchev–Trinajstić information content (AvgIpc) is 2.58. The molecule has 20 heavy (non-hydrogen) atoms. The number of nitrogens with zero attached hydrogens (tertiary/aromatic N) is 1. The van der Waals surface area contributed by atoms with Crippen LogP contribution in [-0.2, 0) is 10.0 Å². The number of anilines is 1. The Morgan fingerprint density at radius 3 is 2.75 bits per heavy atom. The SMILES string of the molecule is Nc1ncc(S(=O)(=O)NC2CCCCCC2O)cc1Cl. The minimum absolute atomic E-state index is 0.0480. The lowest BCUT2D eigenvalue weighted by molar-refractivity contribution is 0.130. The van der Waals surface area contributed by atoms with Crippen molar-refractivity contribution < 1.29 is 13.5 Å². The van der Waals surface area contributed by atoms with Crippen LogP contribution in [0.25, 0.3) is 0 Å². The first kappa shape index (κ1) is 15.5. The summed E-state index contributed by atoms with van der Waals surface area (Å²) >= 11 is 5.79. The van der Waals surface area contributed by atoms with Crippen LogP contribution < -0.4 is 10.5 Å². The van der Waals surface area contributed by atoms with E-state index in [9.17, 15) is 13.5 Å². The van der Waals surface area contributed by atoms with E-state index in [1.165, 1.54) is 6.07 Å². The smallest absolute Gasteiger partial charge is 0.242 e. The van der Waals surface area contributed by atoms with E-state index < -0.39 is 22.2 Å². The van der Waals surface area contributed by atoms with Crippen LogP contribution in [-0.4, -0.2) is 30.7 Å². The zero-order chi connectivity index (χ0) is 14.8. The van der Waals surface area contributed by atoms with Gasteiger partial charge in [-0.1, -0.05) is 30.9 Å². The molecule has 1 aromatic rings. The van der Waals surface area contributed by atoms with Crippen molar-refractivity contribution in [2.75, 3.05) is 5.73 Å². The Balaban J connectivity index is 2.19. The van der Waals surface area contributed by atoms with Gasteiger partial charge < -0.3 is 10.8 Å². The lowest BCUT2D eigenvalue weighted by atomic mass is 10.1. The van der Waals surface area contributed by atoms with E-state index in [0.29, 0.717) is 12.8 Å². The Morgan fingerprint density at radius 1 is 1.35 bits per heavy atom. The second-order valence-corrected chi connectivity index (χ2v) is 7.09. The third-order valence-corrected chi connectivity index (χ3v) is 5.20. The predicted molar refractivity (Wildman–Crippen MR) is 76.9 cm³/mol. The quantitative estimate of drug-likeness (QED) is 0.728. The van der Waals surface area contributed by atoms with Gasteiger partial charge in [0, 0.05) is 12.2 Å². The number of aromatic nitrogens is 1. The second-order valence-electron chi connectivity index (χ2n) is 4.97. The highest BCUT2D eigenvalue weighted by atomic mass is 35.5. The highest BCUT2D eigenvalue weighted by Crippen LogP contribution is 2.22. The maximum Gasteiger partial charge on any atom is 0.242 e. The van der Waals surface area contributed by atoms with Crippen molar-refractivity contribution in [1.82, 2.24) is 9.71 Å². The summed E-state index contributed by atoms with van der Waals surface area (Å²) in [5.74, 6) is 0.0834. The van der Waals surface area contributed by atoms with E-state index in [4.69, 9.17) is 17.3 Å². The van der Waals surface area contributed by atoms with Crippen molar-refractivity contribution in [2.24, 2.45) is 0 Å². The Labute approximate surface area is 123 Å². The third kappa shape index (κ3) is 3.60. The maximum absolute atomic E-state index is 12.3. The van der Waals surface area contributed by atoms with Gasteiger partial charge in [-0.05, 0) is 18.9 Å². The maximum atomic E-state index is 12.3. The van der Waals surface area contributed by atoms with E-state index in [1.54, 1.807) is 0 Å². The molecule has 1 aliphatic rings. The van der Waals surface area contributed by atoms with Crippen molar-refractivity contribution >= 4 is 27.4 Å². The van der Waals surface area contributed by atoms with Gasteiger partial charge in [-0.3, -0.25) is 0 Å². The molecule has 112 valence electrons. The number of nitrogen functional groups attached to an aromatic ring is 1. The van der Waals surface area contributed by atoms with Crippen LogP contribution in [0.5, 0.6) is 0 Å². The van der Waals surface area contributed by atoms with Gasteiger partial charge in [-0.15, -0.1) is 0 Å². The molecule has 2 unspecified atom stereocenters. The fraction of sp³-hybridized carbons (Fsp3) is 0.583. The number of nitrogens with two attached hydrogens (primary N) is 1. The van der Waals surface area contributed by atoms with Crippen LogP contribution in [0, 0.1) is 0 Å². The Bertz CT molecular complexity index is 579. The van der Waals surface area contributed by atoms with E-state index >= 15 is 0 Å². The number of hydrogen-bond donors (Lipinski definition) is 3. The monoisotopic (exact) mass is 319 g/mol.